The van der Waals surface area contributed by atoms with Crippen molar-refractivity contribution in [2.75, 3.05) is 19.7 Å². The third kappa shape index (κ3) is 2.44. The maximum atomic E-state index is 11.6. The Kier molecular flexibility index (Phi) is 2.54. The standard InChI is InChI=1S/C10H17NO2/c1-8-2-3-10(12)11(5-4-8)6-9-7-13-9/h8-9H,2-7H2,1H3. The van der Waals surface area contributed by atoms with E-state index in [0.717, 1.165) is 39.0 Å². The summed E-state index contributed by atoms with van der Waals surface area (Å²) in [5.41, 5.74) is 0. The van der Waals surface area contributed by atoms with Gasteiger partial charge in [-0.25, -0.2) is 0 Å². The van der Waals surface area contributed by atoms with E-state index in [4.69, 9.17) is 4.74 Å². The minimum atomic E-state index is 0.319. The molecule has 0 spiro atoms. The Balaban J connectivity index is 1.87. The molecule has 3 nitrogen and oxygen atoms in total. The van der Waals surface area contributed by atoms with Gasteiger partial charge in [-0.15, -0.1) is 0 Å². The van der Waals surface area contributed by atoms with Crippen molar-refractivity contribution in [2.45, 2.75) is 32.3 Å². The van der Waals surface area contributed by atoms with Gasteiger partial charge < -0.3 is 9.64 Å². The lowest BCUT2D eigenvalue weighted by atomic mass is 10.0. The van der Waals surface area contributed by atoms with E-state index < -0.39 is 0 Å². The molecule has 0 aromatic rings. The molecule has 0 N–H and O–H groups in total. The number of rotatable bonds is 2. The molecule has 2 aliphatic rings. The van der Waals surface area contributed by atoms with Crippen molar-refractivity contribution >= 4 is 5.91 Å². The highest BCUT2D eigenvalue weighted by atomic mass is 16.6. The molecule has 2 fully saturated rings. The fourth-order valence-electron chi connectivity index (χ4n) is 1.79. The minimum Gasteiger partial charge on any atom is -0.371 e. The van der Waals surface area contributed by atoms with Gasteiger partial charge in [0.15, 0.2) is 0 Å². The third-order valence-corrected chi connectivity index (χ3v) is 2.92. The summed E-state index contributed by atoms with van der Waals surface area (Å²) in [5.74, 6) is 1.02. The van der Waals surface area contributed by atoms with Gasteiger partial charge in [-0.3, -0.25) is 4.79 Å². The van der Waals surface area contributed by atoms with E-state index in [1.54, 1.807) is 0 Å². The van der Waals surface area contributed by atoms with E-state index in [9.17, 15) is 4.79 Å². The molecule has 74 valence electrons. The summed E-state index contributed by atoms with van der Waals surface area (Å²) in [5, 5.41) is 0. The van der Waals surface area contributed by atoms with Crippen molar-refractivity contribution < 1.29 is 9.53 Å². The van der Waals surface area contributed by atoms with Crippen LogP contribution < -0.4 is 0 Å². The van der Waals surface area contributed by atoms with Gasteiger partial charge in [0.1, 0.15) is 0 Å². The minimum absolute atomic E-state index is 0.319. The van der Waals surface area contributed by atoms with E-state index in [0.29, 0.717) is 17.9 Å². The Labute approximate surface area is 79.0 Å². The molecule has 0 radical (unpaired) electrons. The summed E-state index contributed by atoms with van der Waals surface area (Å²) in [4.78, 5) is 13.6. The molecule has 0 saturated carbocycles. The number of carbonyl (C=O) groups is 1. The molecule has 1 amide bonds. The maximum Gasteiger partial charge on any atom is 0.222 e. The van der Waals surface area contributed by atoms with Gasteiger partial charge >= 0.3 is 0 Å². The molecule has 2 heterocycles. The molecular formula is C10H17NO2. The van der Waals surface area contributed by atoms with E-state index in [1.165, 1.54) is 0 Å². The zero-order chi connectivity index (χ0) is 9.26. The second-order valence-corrected chi connectivity index (χ2v) is 4.23. The van der Waals surface area contributed by atoms with Gasteiger partial charge in [0.2, 0.25) is 5.91 Å². The number of nitrogens with zero attached hydrogens (tertiary/aromatic N) is 1. The summed E-state index contributed by atoms with van der Waals surface area (Å²) in [6.45, 7) is 4.83. The summed E-state index contributed by atoms with van der Waals surface area (Å²) < 4.78 is 5.13. The van der Waals surface area contributed by atoms with Crippen molar-refractivity contribution in [1.29, 1.82) is 0 Å². The van der Waals surface area contributed by atoms with Crippen LogP contribution in [-0.2, 0) is 9.53 Å². The van der Waals surface area contributed by atoms with Gasteiger partial charge in [0, 0.05) is 19.5 Å². The number of amides is 1. The summed E-state index contributed by atoms with van der Waals surface area (Å²) >= 11 is 0. The van der Waals surface area contributed by atoms with Crippen LogP contribution in [0.2, 0.25) is 0 Å². The molecule has 2 atom stereocenters. The Morgan fingerprint density at radius 3 is 3.00 bits per heavy atom. The van der Waals surface area contributed by atoms with E-state index in [-0.39, 0.29) is 0 Å². The molecule has 0 bridgehead atoms. The SMILES string of the molecule is CC1CCC(=O)N(CC2CO2)CC1. The molecule has 0 aromatic heterocycles. The molecule has 13 heavy (non-hydrogen) atoms. The van der Waals surface area contributed by atoms with Crippen molar-refractivity contribution in [3.8, 4) is 0 Å². The zero-order valence-electron chi connectivity index (χ0n) is 8.16. The van der Waals surface area contributed by atoms with Crippen LogP contribution in [0.25, 0.3) is 0 Å². The molecule has 0 aliphatic carbocycles. The molecule has 2 saturated heterocycles. The Hall–Kier alpha value is -0.570. The number of ether oxygens (including phenoxy) is 1. The predicted octanol–water partition coefficient (Wildman–Crippen LogP) is 1.03. The highest BCUT2D eigenvalue weighted by Crippen LogP contribution is 2.19. The largest absolute Gasteiger partial charge is 0.371 e. The quantitative estimate of drug-likeness (QED) is 0.599. The van der Waals surface area contributed by atoms with Crippen LogP contribution in [-0.4, -0.2) is 36.6 Å². The van der Waals surface area contributed by atoms with E-state index in [2.05, 4.69) is 6.92 Å². The van der Waals surface area contributed by atoms with Crippen LogP contribution in [0.15, 0.2) is 0 Å². The first-order valence-corrected chi connectivity index (χ1v) is 5.15. The van der Waals surface area contributed by atoms with E-state index >= 15 is 0 Å². The zero-order valence-corrected chi connectivity index (χ0v) is 8.16. The average Bonchev–Trinajstić information content (AvgIpc) is 2.90. The molecule has 2 aliphatic heterocycles. The van der Waals surface area contributed by atoms with Crippen LogP contribution >= 0.6 is 0 Å². The lowest BCUT2D eigenvalue weighted by molar-refractivity contribution is -0.130. The lowest BCUT2D eigenvalue weighted by Gasteiger charge is -2.19. The lowest BCUT2D eigenvalue weighted by Crippen LogP contribution is -2.33. The van der Waals surface area contributed by atoms with Crippen LogP contribution in [0.3, 0.4) is 0 Å². The first kappa shape index (κ1) is 9.00. The normalized spacial score (nSPS) is 34.5. The second kappa shape index (κ2) is 3.66. The number of carbonyl (C=O) groups excluding carboxylic acids is 1. The maximum absolute atomic E-state index is 11.6. The Bertz CT molecular complexity index is 201. The highest BCUT2D eigenvalue weighted by Gasteiger charge is 2.29. The smallest absolute Gasteiger partial charge is 0.222 e. The highest BCUT2D eigenvalue weighted by molar-refractivity contribution is 5.76. The topological polar surface area (TPSA) is 32.8 Å². The monoisotopic (exact) mass is 183 g/mol. The fourth-order valence-corrected chi connectivity index (χ4v) is 1.79. The molecule has 2 unspecified atom stereocenters. The van der Waals surface area contributed by atoms with Gasteiger partial charge in [-0.05, 0) is 18.8 Å². The van der Waals surface area contributed by atoms with Crippen molar-refractivity contribution in [1.82, 2.24) is 4.90 Å². The molecule has 2 rings (SSSR count). The average molecular weight is 183 g/mol. The van der Waals surface area contributed by atoms with Crippen LogP contribution in [0, 0.1) is 5.92 Å². The second-order valence-electron chi connectivity index (χ2n) is 4.23. The van der Waals surface area contributed by atoms with Gasteiger partial charge in [0.25, 0.3) is 0 Å². The molecule has 3 heteroatoms. The van der Waals surface area contributed by atoms with Gasteiger partial charge in [0.05, 0.1) is 12.7 Å². The van der Waals surface area contributed by atoms with Crippen LogP contribution in [0.1, 0.15) is 26.2 Å². The summed E-state index contributed by atoms with van der Waals surface area (Å²) in [6, 6.07) is 0. The number of hydrogen-bond acceptors (Lipinski definition) is 2. The van der Waals surface area contributed by atoms with Crippen LogP contribution in [0.5, 0.6) is 0 Å². The molecular weight excluding hydrogens is 166 g/mol. The predicted molar refractivity (Wildman–Crippen MR) is 49.3 cm³/mol. The van der Waals surface area contributed by atoms with Crippen molar-refractivity contribution in [3.63, 3.8) is 0 Å². The number of hydrogen-bond donors (Lipinski definition) is 0. The first-order chi connectivity index (χ1) is 6.25. The Morgan fingerprint density at radius 2 is 2.31 bits per heavy atom. The van der Waals surface area contributed by atoms with Crippen LogP contribution in [0.4, 0.5) is 0 Å². The van der Waals surface area contributed by atoms with Crippen molar-refractivity contribution in [3.05, 3.63) is 0 Å². The number of likely N-dealkylation sites (tertiary alicyclic amines) is 1. The number of epoxide rings is 1. The summed E-state index contributed by atoms with van der Waals surface area (Å²) in [7, 11) is 0. The molecule has 0 aromatic carbocycles. The first-order valence-electron chi connectivity index (χ1n) is 5.15. The summed E-state index contributed by atoms with van der Waals surface area (Å²) in [6.07, 6.45) is 3.28. The van der Waals surface area contributed by atoms with E-state index in [1.807, 2.05) is 4.90 Å². The fraction of sp³-hybridized carbons (Fsp3) is 0.900. The van der Waals surface area contributed by atoms with Crippen molar-refractivity contribution in [2.24, 2.45) is 5.92 Å². The third-order valence-electron chi connectivity index (χ3n) is 2.92. The van der Waals surface area contributed by atoms with Gasteiger partial charge in [-0.1, -0.05) is 6.92 Å². The van der Waals surface area contributed by atoms with Gasteiger partial charge in [-0.2, -0.15) is 0 Å². The Morgan fingerprint density at radius 1 is 1.54 bits per heavy atom.